The lowest BCUT2D eigenvalue weighted by Crippen LogP contribution is -2.53. The zero-order valence-corrected chi connectivity index (χ0v) is 16.9. The van der Waals surface area contributed by atoms with Crippen molar-refractivity contribution in [1.82, 2.24) is 14.7 Å². The van der Waals surface area contributed by atoms with Crippen LogP contribution in [0.5, 0.6) is 0 Å². The fourth-order valence-corrected chi connectivity index (χ4v) is 6.09. The van der Waals surface area contributed by atoms with Gasteiger partial charge in [-0.25, -0.2) is 0 Å². The SMILES string of the molecule is CCN1CCC2(CN(C(C)=O)CC23CCN(C(=O)c2cccs2)CC3)C1=O. The summed E-state index contributed by atoms with van der Waals surface area (Å²) in [4.78, 5) is 44.7. The molecule has 1 unspecified atom stereocenters. The Kier molecular flexibility index (Phi) is 4.53. The summed E-state index contributed by atoms with van der Waals surface area (Å²) >= 11 is 1.47. The minimum Gasteiger partial charge on any atom is -0.342 e. The van der Waals surface area contributed by atoms with E-state index in [-0.39, 0.29) is 23.1 Å². The third-order valence-electron chi connectivity index (χ3n) is 7.04. The minimum absolute atomic E-state index is 0.0473. The van der Waals surface area contributed by atoms with Crippen LogP contribution < -0.4 is 0 Å². The monoisotopic (exact) mass is 389 g/mol. The van der Waals surface area contributed by atoms with Gasteiger partial charge in [0.1, 0.15) is 0 Å². The molecule has 3 amide bonds. The van der Waals surface area contributed by atoms with Gasteiger partial charge in [0.05, 0.1) is 10.3 Å². The number of fused-ring (bicyclic) bond motifs is 1. The Balaban J connectivity index is 1.58. The Bertz CT molecular complexity index is 755. The fourth-order valence-electron chi connectivity index (χ4n) is 5.40. The van der Waals surface area contributed by atoms with E-state index in [9.17, 15) is 14.4 Å². The van der Waals surface area contributed by atoms with Crippen molar-refractivity contribution >= 4 is 29.1 Å². The summed E-state index contributed by atoms with van der Waals surface area (Å²) in [6.45, 7) is 7.61. The van der Waals surface area contributed by atoms with Crippen LogP contribution in [0.1, 0.15) is 42.8 Å². The fraction of sp³-hybridized carbons (Fsp3) is 0.650. The zero-order valence-electron chi connectivity index (χ0n) is 16.1. The maximum absolute atomic E-state index is 13.3. The lowest BCUT2D eigenvalue weighted by Gasteiger charge is -2.46. The van der Waals surface area contributed by atoms with Gasteiger partial charge in [-0.3, -0.25) is 14.4 Å². The highest BCUT2D eigenvalue weighted by atomic mass is 32.1. The second-order valence-electron chi connectivity index (χ2n) is 8.14. The molecule has 3 fully saturated rings. The predicted octanol–water partition coefficient (Wildman–Crippen LogP) is 2.07. The number of likely N-dealkylation sites (tertiary alicyclic amines) is 3. The molecular weight excluding hydrogens is 362 g/mol. The normalized spacial score (nSPS) is 27.2. The van der Waals surface area contributed by atoms with Crippen LogP contribution in [-0.2, 0) is 9.59 Å². The number of carbonyl (C=O) groups excluding carboxylic acids is 3. The zero-order chi connectivity index (χ0) is 19.2. The van der Waals surface area contributed by atoms with Crippen molar-refractivity contribution < 1.29 is 14.4 Å². The smallest absolute Gasteiger partial charge is 0.263 e. The van der Waals surface area contributed by atoms with Gasteiger partial charge in [0.2, 0.25) is 11.8 Å². The standard InChI is InChI=1S/C20H27N3O3S/c1-3-21-11-8-20(18(21)26)14-23(15(2)24)13-19(20)6-9-22(10-7-19)17(25)16-5-4-12-27-16/h4-5,12H,3,6-11,13-14H2,1-2H3. The number of thiophene rings is 1. The van der Waals surface area contributed by atoms with E-state index in [0.29, 0.717) is 26.2 Å². The first kappa shape index (κ1) is 18.5. The Morgan fingerprint density at radius 2 is 1.85 bits per heavy atom. The molecule has 4 heterocycles. The summed E-state index contributed by atoms with van der Waals surface area (Å²) in [5.41, 5.74) is -0.668. The molecule has 3 aliphatic rings. The van der Waals surface area contributed by atoms with Crippen LogP contribution in [0, 0.1) is 10.8 Å². The first-order valence-corrected chi connectivity index (χ1v) is 10.7. The first-order valence-electron chi connectivity index (χ1n) is 9.80. The number of hydrogen-bond donors (Lipinski definition) is 0. The van der Waals surface area contributed by atoms with E-state index in [2.05, 4.69) is 0 Å². The molecule has 3 aliphatic heterocycles. The number of rotatable bonds is 2. The molecule has 0 bridgehead atoms. The lowest BCUT2D eigenvalue weighted by atomic mass is 9.60. The Hall–Kier alpha value is -1.89. The summed E-state index contributed by atoms with van der Waals surface area (Å²) in [5.74, 6) is 0.348. The molecule has 0 N–H and O–H groups in total. The van der Waals surface area contributed by atoms with Crippen molar-refractivity contribution in [1.29, 1.82) is 0 Å². The van der Waals surface area contributed by atoms with Crippen LogP contribution in [0.25, 0.3) is 0 Å². The number of amides is 3. The summed E-state index contributed by atoms with van der Waals surface area (Å²) in [6.07, 6.45) is 2.40. The molecule has 1 aromatic heterocycles. The van der Waals surface area contributed by atoms with Gasteiger partial charge in [-0.2, -0.15) is 0 Å². The average molecular weight is 390 g/mol. The largest absolute Gasteiger partial charge is 0.342 e. The summed E-state index contributed by atoms with van der Waals surface area (Å²) in [5, 5.41) is 1.92. The second kappa shape index (κ2) is 6.62. The van der Waals surface area contributed by atoms with E-state index in [0.717, 1.165) is 37.2 Å². The van der Waals surface area contributed by atoms with Crippen LogP contribution in [0.15, 0.2) is 17.5 Å². The van der Waals surface area contributed by atoms with Gasteiger partial charge in [0.25, 0.3) is 5.91 Å². The van der Waals surface area contributed by atoms with E-state index in [1.807, 2.05) is 39.1 Å². The molecule has 1 atom stereocenters. The van der Waals surface area contributed by atoms with Crippen molar-refractivity contribution in [3.63, 3.8) is 0 Å². The maximum atomic E-state index is 13.3. The van der Waals surface area contributed by atoms with Crippen LogP contribution in [0.3, 0.4) is 0 Å². The highest BCUT2D eigenvalue weighted by Gasteiger charge is 2.65. The number of nitrogens with zero attached hydrogens (tertiary/aromatic N) is 3. The van der Waals surface area contributed by atoms with Crippen LogP contribution in [0.4, 0.5) is 0 Å². The highest BCUT2D eigenvalue weighted by molar-refractivity contribution is 7.12. The van der Waals surface area contributed by atoms with Gasteiger partial charge < -0.3 is 14.7 Å². The van der Waals surface area contributed by atoms with Crippen LogP contribution in [-0.4, -0.2) is 71.7 Å². The summed E-state index contributed by atoms with van der Waals surface area (Å²) < 4.78 is 0. The minimum atomic E-state index is -0.466. The molecule has 6 nitrogen and oxygen atoms in total. The molecule has 27 heavy (non-hydrogen) atoms. The molecule has 7 heteroatoms. The van der Waals surface area contributed by atoms with Gasteiger partial charge in [-0.05, 0) is 37.6 Å². The predicted molar refractivity (Wildman–Crippen MR) is 103 cm³/mol. The molecule has 1 aromatic rings. The quantitative estimate of drug-likeness (QED) is 0.778. The number of piperidine rings is 1. The Morgan fingerprint density at radius 1 is 1.11 bits per heavy atom. The molecular formula is C20H27N3O3S. The van der Waals surface area contributed by atoms with E-state index in [1.165, 1.54) is 11.3 Å². The Labute approximate surface area is 164 Å². The molecule has 0 saturated carbocycles. The molecule has 0 aromatic carbocycles. The van der Waals surface area contributed by atoms with Crippen LogP contribution >= 0.6 is 11.3 Å². The highest BCUT2D eigenvalue weighted by Crippen LogP contribution is 2.57. The van der Waals surface area contributed by atoms with Gasteiger partial charge in [-0.15, -0.1) is 11.3 Å². The molecule has 4 rings (SSSR count). The molecule has 146 valence electrons. The number of hydrogen-bond acceptors (Lipinski definition) is 4. The van der Waals surface area contributed by atoms with Crippen molar-refractivity contribution in [2.24, 2.45) is 10.8 Å². The van der Waals surface area contributed by atoms with Crippen molar-refractivity contribution in [3.05, 3.63) is 22.4 Å². The van der Waals surface area contributed by atoms with Crippen molar-refractivity contribution in [3.8, 4) is 0 Å². The Morgan fingerprint density at radius 3 is 2.41 bits per heavy atom. The third kappa shape index (κ3) is 2.70. The second-order valence-corrected chi connectivity index (χ2v) is 9.09. The molecule has 2 spiro atoms. The molecule has 0 aliphatic carbocycles. The summed E-state index contributed by atoms with van der Waals surface area (Å²) in [7, 11) is 0. The molecule has 3 saturated heterocycles. The van der Waals surface area contributed by atoms with Gasteiger partial charge >= 0.3 is 0 Å². The van der Waals surface area contributed by atoms with E-state index in [1.54, 1.807) is 6.92 Å². The first-order chi connectivity index (χ1) is 12.9. The maximum Gasteiger partial charge on any atom is 0.263 e. The van der Waals surface area contributed by atoms with Gasteiger partial charge in [0.15, 0.2) is 0 Å². The van der Waals surface area contributed by atoms with Gasteiger partial charge in [-0.1, -0.05) is 6.07 Å². The molecule has 0 radical (unpaired) electrons. The van der Waals surface area contributed by atoms with E-state index in [4.69, 9.17) is 0 Å². The van der Waals surface area contributed by atoms with E-state index >= 15 is 0 Å². The van der Waals surface area contributed by atoms with E-state index < -0.39 is 5.41 Å². The summed E-state index contributed by atoms with van der Waals surface area (Å²) in [6, 6.07) is 3.77. The number of carbonyl (C=O) groups is 3. The van der Waals surface area contributed by atoms with Crippen molar-refractivity contribution in [2.45, 2.75) is 33.1 Å². The lowest BCUT2D eigenvalue weighted by molar-refractivity contribution is -0.141. The third-order valence-corrected chi connectivity index (χ3v) is 7.90. The average Bonchev–Trinajstić information content (AvgIpc) is 3.37. The van der Waals surface area contributed by atoms with Crippen LogP contribution in [0.2, 0.25) is 0 Å². The topological polar surface area (TPSA) is 60.9 Å². The van der Waals surface area contributed by atoms with Crippen molar-refractivity contribution in [2.75, 3.05) is 39.3 Å². The van der Waals surface area contributed by atoms with Gasteiger partial charge in [0, 0.05) is 51.6 Å².